The number of amides is 2. The number of carbonyl (C=O) groups is 2. The molecule has 1 N–H and O–H groups in total. The van der Waals surface area contributed by atoms with Crippen molar-refractivity contribution in [3.05, 3.63) is 54.4 Å². The van der Waals surface area contributed by atoms with Crippen molar-refractivity contribution in [3.8, 4) is 5.75 Å². The first kappa shape index (κ1) is 22.1. The normalized spacial score (nSPS) is 21.2. The highest BCUT2D eigenvalue weighted by Gasteiger charge is 2.38. The Labute approximate surface area is 189 Å². The standard InChI is InChI=1S/C25H32N4O3/c1-32-21-8-6-20(7-9-21)28-14-16-29(17-15-28)25(31)23-5-3-2-4-22(23)24(30)27-18-19-10-12-26-13-11-19/h6-13,22-23H,2-5,14-18H2,1H3,(H,27,30). The van der Waals surface area contributed by atoms with Crippen LogP contribution in [0.1, 0.15) is 31.2 Å². The van der Waals surface area contributed by atoms with Crippen LogP contribution < -0.4 is 15.0 Å². The predicted molar refractivity (Wildman–Crippen MR) is 123 cm³/mol. The lowest BCUT2D eigenvalue weighted by molar-refractivity contribution is -0.144. The van der Waals surface area contributed by atoms with Crippen LogP contribution in [0.25, 0.3) is 0 Å². The Morgan fingerprint density at radius 1 is 0.969 bits per heavy atom. The van der Waals surface area contributed by atoms with Gasteiger partial charge in [0, 0.05) is 62.6 Å². The Bertz CT molecular complexity index is 895. The molecule has 2 fully saturated rings. The third kappa shape index (κ3) is 5.21. The van der Waals surface area contributed by atoms with E-state index in [4.69, 9.17) is 4.74 Å². The minimum Gasteiger partial charge on any atom is -0.497 e. The van der Waals surface area contributed by atoms with E-state index in [2.05, 4.69) is 27.3 Å². The van der Waals surface area contributed by atoms with Crippen molar-refractivity contribution in [2.24, 2.45) is 11.8 Å². The van der Waals surface area contributed by atoms with Crippen LogP contribution in [-0.2, 0) is 16.1 Å². The van der Waals surface area contributed by atoms with Crippen LogP contribution in [0.3, 0.4) is 0 Å². The second-order valence-electron chi connectivity index (χ2n) is 8.58. The molecule has 2 unspecified atom stereocenters. The third-order valence-corrected chi connectivity index (χ3v) is 6.66. The van der Waals surface area contributed by atoms with E-state index in [0.29, 0.717) is 19.6 Å². The van der Waals surface area contributed by atoms with Crippen molar-refractivity contribution in [1.29, 1.82) is 0 Å². The number of nitrogens with one attached hydrogen (secondary N) is 1. The second kappa shape index (κ2) is 10.5. The Morgan fingerprint density at radius 3 is 2.28 bits per heavy atom. The fraction of sp³-hybridized carbons (Fsp3) is 0.480. The molecule has 32 heavy (non-hydrogen) atoms. The number of hydrogen-bond donors (Lipinski definition) is 1. The van der Waals surface area contributed by atoms with Crippen molar-refractivity contribution >= 4 is 17.5 Å². The van der Waals surface area contributed by atoms with Gasteiger partial charge in [-0.1, -0.05) is 12.8 Å². The van der Waals surface area contributed by atoms with Gasteiger partial charge in [0.15, 0.2) is 0 Å². The summed E-state index contributed by atoms with van der Waals surface area (Å²) in [7, 11) is 1.66. The zero-order valence-corrected chi connectivity index (χ0v) is 18.7. The molecule has 2 atom stereocenters. The molecule has 2 amide bonds. The Kier molecular flexibility index (Phi) is 7.24. The maximum Gasteiger partial charge on any atom is 0.226 e. The van der Waals surface area contributed by atoms with E-state index < -0.39 is 0 Å². The van der Waals surface area contributed by atoms with Crippen molar-refractivity contribution < 1.29 is 14.3 Å². The van der Waals surface area contributed by atoms with Gasteiger partial charge in [-0.05, 0) is 54.8 Å². The summed E-state index contributed by atoms with van der Waals surface area (Å²) in [6.45, 7) is 3.44. The molecule has 1 aliphatic heterocycles. The molecule has 1 saturated carbocycles. The van der Waals surface area contributed by atoms with Crippen LogP contribution in [-0.4, -0.2) is 55.0 Å². The van der Waals surface area contributed by atoms with Gasteiger partial charge in [0.2, 0.25) is 11.8 Å². The number of rotatable bonds is 6. The molecule has 1 aromatic heterocycles. The van der Waals surface area contributed by atoms with Gasteiger partial charge in [-0.3, -0.25) is 14.6 Å². The number of hydrogen-bond acceptors (Lipinski definition) is 5. The summed E-state index contributed by atoms with van der Waals surface area (Å²) in [5.41, 5.74) is 2.16. The van der Waals surface area contributed by atoms with Gasteiger partial charge in [0.05, 0.1) is 7.11 Å². The molecule has 4 rings (SSSR count). The molecule has 0 spiro atoms. The first-order valence-corrected chi connectivity index (χ1v) is 11.5. The summed E-state index contributed by atoms with van der Waals surface area (Å²) in [6, 6.07) is 11.8. The lowest BCUT2D eigenvalue weighted by Crippen LogP contribution is -2.52. The molecule has 7 nitrogen and oxygen atoms in total. The predicted octanol–water partition coefficient (Wildman–Crippen LogP) is 2.86. The average Bonchev–Trinajstić information content (AvgIpc) is 2.87. The number of nitrogens with zero attached hydrogens (tertiary/aromatic N) is 3. The van der Waals surface area contributed by atoms with Crippen molar-refractivity contribution in [3.63, 3.8) is 0 Å². The van der Waals surface area contributed by atoms with Crippen LogP contribution in [0.5, 0.6) is 5.75 Å². The van der Waals surface area contributed by atoms with Crippen LogP contribution in [0.2, 0.25) is 0 Å². The zero-order valence-electron chi connectivity index (χ0n) is 18.7. The number of piperazine rings is 1. The maximum atomic E-state index is 13.4. The highest BCUT2D eigenvalue weighted by molar-refractivity contribution is 5.88. The quantitative estimate of drug-likeness (QED) is 0.754. The van der Waals surface area contributed by atoms with Crippen LogP contribution in [0, 0.1) is 11.8 Å². The van der Waals surface area contributed by atoms with Gasteiger partial charge >= 0.3 is 0 Å². The highest BCUT2D eigenvalue weighted by Crippen LogP contribution is 2.32. The highest BCUT2D eigenvalue weighted by atomic mass is 16.5. The molecule has 1 aromatic carbocycles. The van der Waals surface area contributed by atoms with Gasteiger partial charge in [-0.15, -0.1) is 0 Å². The van der Waals surface area contributed by atoms with E-state index in [1.165, 1.54) is 0 Å². The van der Waals surface area contributed by atoms with E-state index in [1.54, 1.807) is 19.5 Å². The molecule has 1 saturated heterocycles. The van der Waals surface area contributed by atoms with Gasteiger partial charge in [-0.25, -0.2) is 0 Å². The maximum absolute atomic E-state index is 13.4. The zero-order chi connectivity index (χ0) is 22.3. The molecular weight excluding hydrogens is 404 g/mol. The molecule has 2 heterocycles. The first-order valence-electron chi connectivity index (χ1n) is 11.5. The molecule has 2 aromatic rings. The topological polar surface area (TPSA) is 74.8 Å². The van der Waals surface area contributed by atoms with E-state index in [-0.39, 0.29) is 23.7 Å². The molecular formula is C25H32N4O3. The van der Waals surface area contributed by atoms with E-state index >= 15 is 0 Å². The number of benzene rings is 1. The van der Waals surface area contributed by atoms with Crippen molar-refractivity contribution in [2.45, 2.75) is 32.2 Å². The number of anilines is 1. The third-order valence-electron chi connectivity index (χ3n) is 6.66. The summed E-state index contributed by atoms with van der Waals surface area (Å²) < 4.78 is 5.24. The van der Waals surface area contributed by atoms with Gasteiger partial charge < -0.3 is 19.9 Å². The number of carbonyl (C=O) groups excluding carboxylic acids is 2. The molecule has 7 heteroatoms. The van der Waals surface area contributed by atoms with E-state index in [1.807, 2.05) is 29.2 Å². The molecule has 170 valence electrons. The summed E-state index contributed by atoms with van der Waals surface area (Å²) in [4.78, 5) is 34.6. The number of pyridine rings is 1. The minimum absolute atomic E-state index is 0.00303. The lowest BCUT2D eigenvalue weighted by Gasteiger charge is -2.39. The molecule has 1 aliphatic carbocycles. The second-order valence-corrected chi connectivity index (χ2v) is 8.58. The van der Waals surface area contributed by atoms with Crippen LogP contribution in [0.4, 0.5) is 5.69 Å². The van der Waals surface area contributed by atoms with Crippen LogP contribution in [0.15, 0.2) is 48.8 Å². The van der Waals surface area contributed by atoms with Crippen molar-refractivity contribution in [1.82, 2.24) is 15.2 Å². The summed E-state index contributed by atoms with van der Waals surface area (Å²) in [5.74, 6) is 0.527. The first-order chi connectivity index (χ1) is 15.7. The Hall–Kier alpha value is -3.09. The molecule has 0 bridgehead atoms. The monoisotopic (exact) mass is 436 g/mol. The van der Waals surface area contributed by atoms with Crippen molar-refractivity contribution in [2.75, 3.05) is 38.2 Å². The summed E-state index contributed by atoms with van der Waals surface area (Å²) >= 11 is 0. The SMILES string of the molecule is COc1ccc(N2CCN(C(=O)C3CCCCC3C(=O)NCc3ccncc3)CC2)cc1. The fourth-order valence-electron chi connectivity index (χ4n) is 4.77. The van der Waals surface area contributed by atoms with Gasteiger partial charge in [0.1, 0.15) is 5.75 Å². The van der Waals surface area contributed by atoms with Gasteiger partial charge in [0.25, 0.3) is 0 Å². The van der Waals surface area contributed by atoms with Crippen LogP contribution >= 0.6 is 0 Å². The van der Waals surface area contributed by atoms with E-state index in [9.17, 15) is 9.59 Å². The Morgan fingerprint density at radius 2 is 1.62 bits per heavy atom. The molecule has 2 aliphatic rings. The minimum atomic E-state index is -0.238. The van der Waals surface area contributed by atoms with Gasteiger partial charge in [-0.2, -0.15) is 0 Å². The number of ether oxygens (including phenoxy) is 1. The smallest absolute Gasteiger partial charge is 0.226 e. The average molecular weight is 437 g/mol. The summed E-state index contributed by atoms with van der Waals surface area (Å²) in [6.07, 6.45) is 7.04. The largest absolute Gasteiger partial charge is 0.497 e. The summed E-state index contributed by atoms with van der Waals surface area (Å²) in [5, 5.41) is 3.04. The fourth-order valence-corrected chi connectivity index (χ4v) is 4.77. The molecule has 0 radical (unpaired) electrons. The Balaban J connectivity index is 1.33. The number of aromatic nitrogens is 1. The lowest BCUT2D eigenvalue weighted by atomic mass is 9.77. The number of methoxy groups -OCH3 is 1. The van der Waals surface area contributed by atoms with E-state index in [0.717, 1.165) is 55.8 Å².